The number of rotatable bonds is 7. The van der Waals surface area contributed by atoms with E-state index in [-0.39, 0.29) is 17.9 Å². The molecule has 2 aromatic carbocycles. The summed E-state index contributed by atoms with van der Waals surface area (Å²) in [7, 11) is 0. The average Bonchev–Trinajstić information content (AvgIpc) is 3.54. The fourth-order valence-corrected chi connectivity index (χ4v) is 4.90. The Morgan fingerprint density at radius 2 is 1.97 bits per heavy atom. The lowest BCUT2D eigenvalue weighted by atomic mass is 10.1. The highest BCUT2D eigenvalue weighted by atomic mass is 35.5. The van der Waals surface area contributed by atoms with Crippen molar-refractivity contribution in [1.29, 1.82) is 0 Å². The Kier molecular flexibility index (Phi) is 6.88. The van der Waals surface area contributed by atoms with Crippen molar-refractivity contribution in [3.63, 3.8) is 0 Å². The molecule has 0 spiro atoms. The maximum Gasteiger partial charge on any atom is 0.276 e. The molecular formula is C28H31ClN4O3. The van der Waals surface area contributed by atoms with Crippen LogP contribution in [0.25, 0.3) is 11.0 Å². The van der Waals surface area contributed by atoms with E-state index in [1.165, 1.54) is 0 Å². The van der Waals surface area contributed by atoms with Gasteiger partial charge in [-0.05, 0) is 55.3 Å². The number of likely N-dealkylation sites (tertiary alicyclic amines) is 1. The molecule has 2 N–H and O–H groups in total. The quantitative estimate of drug-likeness (QED) is 0.342. The molecule has 5 rings (SSSR count). The van der Waals surface area contributed by atoms with E-state index in [4.69, 9.17) is 16.0 Å². The van der Waals surface area contributed by atoms with Gasteiger partial charge in [-0.25, -0.2) is 0 Å². The van der Waals surface area contributed by atoms with E-state index in [1.54, 1.807) is 10.7 Å². The number of carbonyl (C=O) groups is 1. The molecule has 2 aromatic heterocycles. The predicted octanol–water partition coefficient (Wildman–Crippen LogP) is 5.58. The summed E-state index contributed by atoms with van der Waals surface area (Å²) in [6.45, 7) is 8.96. The Balaban J connectivity index is 1.28. The van der Waals surface area contributed by atoms with Crippen LogP contribution < -0.4 is 5.32 Å². The van der Waals surface area contributed by atoms with Crippen molar-refractivity contribution in [2.45, 2.75) is 52.3 Å². The number of amides is 1. The molecule has 0 unspecified atom stereocenters. The smallest absolute Gasteiger partial charge is 0.276 e. The number of hydrogen-bond donors (Lipinski definition) is 2. The van der Waals surface area contributed by atoms with Gasteiger partial charge in [0.25, 0.3) is 5.91 Å². The van der Waals surface area contributed by atoms with Crippen LogP contribution in [0.15, 0.2) is 52.9 Å². The molecule has 7 nitrogen and oxygen atoms in total. The molecule has 3 heterocycles. The van der Waals surface area contributed by atoms with Gasteiger partial charge in [-0.3, -0.25) is 14.4 Å². The van der Waals surface area contributed by atoms with E-state index in [0.717, 1.165) is 53.1 Å². The number of benzene rings is 2. The number of nitrogens with zero attached hydrogens (tertiary/aromatic N) is 3. The molecule has 1 saturated heterocycles. The number of aryl methyl sites for hydroxylation is 1. The number of hydrogen-bond acceptors (Lipinski definition) is 5. The Hall–Kier alpha value is -3.13. The third kappa shape index (κ3) is 5.33. The second kappa shape index (κ2) is 10.1. The predicted molar refractivity (Wildman–Crippen MR) is 142 cm³/mol. The summed E-state index contributed by atoms with van der Waals surface area (Å²) >= 11 is 6.38. The van der Waals surface area contributed by atoms with Gasteiger partial charge in [-0.1, -0.05) is 37.6 Å². The second-order valence-electron chi connectivity index (χ2n) is 9.94. The number of carbonyl (C=O) groups excluding carboxylic acids is 1. The van der Waals surface area contributed by atoms with Gasteiger partial charge in [0.15, 0.2) is 5.69 Å². The highest BCUT2D eigenvalue weighted by Crippen LogP contribution is 2.31. The SMILES string of the molecule is Cc1cc(C(=O)Nc2ccc(CN3CC[C@@H](O)C3)cc2)nn1Cc1cc(Cl)cc2cc(C(C)C)oc12. The highest BCUT2D eigenvalue weighted by molar-refractivity contribution is 6.31. The van der Waals surface area contributed by atoms with Gasteiger partial charge >= 0.3 is 0 Å². The van der Waals surface area contributed by atoms with E-state index in [2.05, 4.69) is 29.2 Å². The molecule has 0 bridgehead atoms. The van der Waals surface area contributed by atoms with E-state index < -0.39 is 0 Å². The first kappa shape index (κ1) is 24.6. The van der Waals surface area contributed by atoms with Crippen LogP contribution in [0.2, 0.25) is 5.02 Å². The number of nitrogens with one attached hydrogen (secondary N) is 1. The third-order valence-electron chi connectivity index (χ3n) is 6.65. The first-order valence-corrected chi connectivity index (χ1v) is 12.7. The van der Waals surface area contributed by atoms with Gasteiger partial charge in [-0.2, -0.15) is 5.10 Å². The third-order valence-corrected chi connectivity index (χ3v) is 6.86. The van der Waals surface area contributed by atoms with Crippen LogP contribution in [-0.2, 0) is 13.1 Å². The van der Waals surface area contributed by atoms with E-state index in [9.17, 15) is 9.90 Å². The molecule has 0 saturated carbocycles. The standard InChI is InChI=1S/C28H31ClN4O3/c1-17(2)26-13-20-11-22(29)12-21(27(20)36-26)15-33-18(3)10-25(31-33)28(35)30-23-6-4-19(5-7-23)14-32-9-8-24(34)16-32/h4-7,10-13,17,24,34H,8-9,14-16H2,1-3H3,(H,30,35)/t24-/m1/s1. The Morgan fingerprint density at radius 1 is 1.19 bits per heavy atom. The molecule has 0 aliphatic carbocycles. The van der Waals surface area contributed by atoms with Crippen LogP contribution in [0.5, 0.6) is 0 Å². The van der Waals surface area contributed by atoms with E-state index >= 15 is 0 Å². The zero-order chi connectivity index (χ0) is 25.4. The normalized spacial score (nSPS) is 16.3. The van der Waals surface area contributed by atoms with Gasteiger partial charge in [0.05, 0.1) is 12.6 Å². The average molecular weight is 507 g/mol. The Bertz CT molecular complexity index is 1390. The molecule has 8 heteroatoms. The van der Waals surface area contributed by atoms with Crippen LogP contribution >= 0.6 is 11.6 Å². The van der Waals surface area contributed by atoms with Crippen molar-refractivity contribution >= 4 is 34.2 Å². The minimum Gasteiger partial charge on any atom is -0.460 e. The lowest BCUT2D eigenvalue weighted by molar-refractivity contribution is 0.102. The van der Waals surface area contributed by atoms with Crippen LogP contribution in [0.4, 0.5) is 5.69 Å². The maximum absolute atomic E-state index is 12.9. The first-order valence-electron chi connectivity index (χ1n) is 12.3. The Labute approximate surface area is 215 Å². The zero-order valence-electron chi connectivity index (χ0n) is 20.8. The van der Waals surface area contributed by atoms with Crippen molar-refractivity contribution in [3.05, 3.63) is 81.8 Å². The minimum absolute atomic E-state index is 0.228. The van der Waals surface area contributed by atoms with Gasteiger partial charge in [-0.15, -0.1) is 0 Å². The van der Waals surface area contributed by atoms with Crippen molar-refractivity contribution in [2.24, 2.45) is 0 Å². The number of β-amino-alcohol motifs (C(OH)–C–C–N with tert-alkyl or cyclic N) is 1. The minimum atomic E-state index is -0.261. The highest BCUT2D eigenvalue weighted by Gasteiger charge is 2.20. The van der Waals surface area contributed by atoms with Crippen LogP contribution in [0.1, 0.15) is 59.3 Å². The van der Waals surface area contributed by atoms with Crippen molar-refractivity contribution in [2.75, 3.05) is 18.4 Å². The van der Waals surface area contributed by atoms with Gasteiger partial charge < -0.3 is 14.8 Å². The maximum atomic E-state index is 12.9. The number of anilines is 1. The molecule has 4 aromatic rings. The summed E-state index contributed by atoms with van der Waals surface area (Å²) in [5.74, 6) is 0.923. The van der Waals surface area contributed by atoms with Crippen LogP contribution in [0, 0.1) is 6.92 Å². The van der Waals surface area contributed by atoms with E-state index in [0.29, 0.717) is 29.5 Å². The van der Waals surface area contributed by atoms with Gasteiger partial charge in [0.1, 0.15) is 11.3 Å². The number of furan rings is 1. The van der Waals surface area contributed by atoms with Gasteiger partial charge in [0, 0.05) is 52.9 Å². The monoisotopic (exact) mass is 506 g/mol. The molecule has 1 atom stereocenters. The summed E-state index contributed by atoms with van der Waals surface area (Å²) in [6, 6.07) is 15.4. The fraction of sp³-hybridized carbons (Fsp3) is 0.357. The van der Waals surface area contributed by atoms with Crippen LogP contribution in [-0.4, -0.2) is 44.9 Å². The van der Waals surface area contributed by atoms with Crippen molar-refractivity contribution < 1.29 is 14.3 Å². The van der Waals surface area contributed by atoms with Gasteiger partial charge in [0.2, 0.25) is 0 Å². The summed E-state index contributed by atoms with van der Waals surface area (Å²) in [5, 5.41) is 18.8. The van der Waals surface area contributed by atoms with Crippen molar-refractivity contribution in [3.8, 4) is 0 Å². The molecule has 36 heavy (non-hydrogen) atoms. The zero-order valence-corrected chi connectivity index (χ0v) is 21.5. The molecule has 0 radical (unpaired) electrons. The molecule has 188 valence electrons. The fourth-order valence-electron chi connectivity index (χ4n) is 4.65. The topological polar surface area (TPSA) is 83.5 Å². The molecule has 1 aliphatic rings. The lowest BCUT2D eigenvalue weighted by Gasteiger charge is -2.15. The summed E-state index contributed by atoms with van der Waals surface area (Å²) in [6.07, 6.45) is 0.594. The molecule has 1 aliphatic heterocycles. The number of aromatic nitrogens is 2. The Morgan fingerprint density at radius 3 is 2.67 bits per heavy atom. The second-order valence-corrected chi connectivity index (χ2v) is 10.4. The largest absolute Gasteiger partial charge is 0.460 e. The number of fused-ring (bicyclic) bond motifs is 1. The van der Waals surface area contributed by atoms with E-state index in [1.807, 2.05) is 49.4 Å². The lowest BCUT2D eigenvalue weighted by Crippen LogP contribution is -2.21. The number of aliphatic hydroxyl groups excluding tert-OH is 1. The number of halogens is 1. The molecule has 1 amide bonds. The summed E-state index contributed by atoms with van der Waals surface area (Å²) in [5.41, 5.74) is 4.80. The summed E-state index contributed by atoms with van der Waals surface area (Å²) in [4.78, 5) is 15.1. The van der Waals surface area contributed by atoms with Crippen LogP contribution in [0.3, 0.4) is 0 Å². The molecule has 1 fully saturated rings. The molecular weight excluding hydrogens is 476 g/mol. The summed E-state index contributed by atoms with van der Waals surface area (Å²) < 4.78 is 7.92. The van der Waals surface area contributed by atoms with Crippen molar-refractivity contribution in [1.82, 2.24) is 14.7 Å². The first-order chi connectivity index (χ1) is 17.2. The number of aliphatic hydroxyl groups is 1.